The normalized spacial score (nSPS) is 13.0. The fourth-order valence-electron chi connectivity index (χ4n) is 1.32. The lowest BCUT2D eigenvalue weighted by atomic mass is 10.2. The summed E-state index contributed by atoms with van der Waals surface area (Å²) in [6, 6.07) is 8.59. The zero-order valence-electron chi connectivity index (χ0n) is 10.3. The zero-order chi connectivity index (χ0) is 13.6. The van der Waals surface area contributed by atoms with Crippen LogP contribution in [0.3, 0.4) is 0 Å². The van der Waals surface area contributed by atoms with Gasteiger partial charge in [-0.05, 0) is 19.1 Å². The molecule has 0 spiro atoms. The van der Waals surface area contributed by atoms with Crippen LogP contribution in [0.2, 0.25) is 0 Å². The van der Waals surface area contributed by atoms with Crippen molar-refractivity contribution in [1.29, 1.82) is 0 Å². The third-order valence-electron chi connectivity index (χ3n) is 2.11. The maximum absolute atomic E-state index is 11.5. The number of carbonyl (C=O) groups excluding carboxylic acids is 1. The predicted octanol–water partition coefficient (Wildman–Crippen LogP) is 1.60. The second-order valence-electron chi connectivity index (χ2n) is 3.90. The summed E-state index contributed by atoms with van der Waals surface area (Å²) >= 11 is 0. The maximum Gasteiger partial charge on any atom is 0.338 e. The lowest BCUT2D eigenvalue weighted by Crippen LogP contribution is -2.17. The van der Waals surface area contributed by atoms with Crippen molar-refractivity contribution in [2.45, 2.75) is 19.4 Å². The molecule has 0 N–H and O–H groups in total. The molecule has 5 nitrogen and oxygen atoms in total. The molecule has 0 bridgehead atoms. The molecule has 1 rings (SSSR count). The molecule has 6 heteroatoms. The van der Waals surface area contributed by atoms with E-state index in [9.17, 15) is 13.2 Å². The van der Waals surface area contributed by atoms with Crippen molar-refractivity contribution < 1.29 is 22.1 Å². The van der Waals surface area contributed by atoms with Crippen LogP contribution in [0.1, 0.15) is 23.7 Å². The van der Waals surface area contributed by atoms with Gasteiger partial charge < -0.3 is 4.74 Å². The van der Waals surface area contributed by atoms with Gasteiger partial charge >= 0.3 is 5.97 Å². The molecule has 1 aromatic carbocycles. The monoisotopic (exact) mass is 272 g/mol. The van der Waals surface area contributed by atoms with Gasteiger partial charge in [0.2, 0.25) is 0 Å². The average Bonchev–Trinajstić information content (AvgIpc) is 2.27. The van der Waals surface area contributed by atoms with E-state index < -0.39 is 22.2 Å². The van der Waals surface area contributed by atoms with Crippen LogP contribution in [-0.4, -0.2) is 33.4 Å². The third kappa shape index (κ3) is 5.79. The Bertz CT molecular complexity index is 480. The molecule has 0 radical (unpaired) electrons. The first-order valence-electron chi connectivity index (χ1n) is 5.49. The molecular weight excluding hydrogens is 256 g/mol. The van der Waals surface area contributed by atoms with Crippen LogP contribution < -0.4 is 0 Å². The van der Waals surface area contributed by atoms with Gasteiger partial charge in [-0.15, -0.1) is 0 Å². The van der Waals surface area contributed by atoms with Gasteiger partial charge in [0.25, 0.3) is 10.1 Å². The van der Waals surface area contributed by atoms with E-state index >= 15 is 0 Å². The second-order valence-corrected chi connectivity index (χ2v) is 5.50. The fourth-order valence-corrected chi connectivity index (χ4v) is 2.01. The van der Waals surface area contributed by atoms with E-state index in [0.29, 0.717) is 12.0 Å². The van der Waals surface area contributed by atoms with Crippen LogP contribution in [0, 0.1) is 0 Å². The lowest BCUT2D eigenvalue weighted by Gasteiger charge is -2.11. The number of hydrogen-bond acceptors (Lipinski definition) is 5. The van der Waals surface area contributed by atoms with Crippen molar-refractivity contribution in [3.63, 3.8) is 0 Å². The minimum Gasteiger partial charge on any atom is -0.462 e. The van der Waals surface area contributed by atoms with Crippen molar-refractivity contribution in [1.82, 2.24) is 0 Å². The van der Waals surface area contributed by atoms with Crippen LogP contribution in [0.4, 0.5) is 0 Å². The number of esters is 1. The molecule has 0 saturated carbocycles. The predicted molar refractivity (Wildman–Crippen MR) is 66.7 cm³/mol. The molecule has 0 amide bonds. The van der Waals surface area contributed by atoms with Gasteiger partial charge in [0.15, 0.2) is 0 Å². The quantitative estimate of drug-likeness (QED) is 0.581. The number of carbonyl (C=O) groups is 1. The molecule has 0 heterocycles. The molecule has 1 aromatic rings. The van der Waals surface area contributed by atoms with Gasteiger partial charge in [-0.3, -0.25) is 4.18 Å². The largest absolute Gasteiger partial charge is 0.462 e. The van der Waals surface area contributed by atoms with Gasteiger partial charge in [-0.1, -0.05) is 18.2 Å². The van der Waals surface area contributed by atoms with Crippen LogP contribution in [-0.2, 0) is 19.0 Å². The summed E-state index contributed by atoms with van der Waals surface area (Å²) in [4.78, 5) is 11.5. The molecule has 0 fully saturated rings. The summed E-state index contributed by atoms with van der Waals surface area (Å²) in [7, 11) is -3.47. The van der Waals surface area contributed by atoms with Crippen LogP contribution in [0.25, 0.3) is 0 Å². The average molecular weight is 272 g/mol. The Balaban J connectivity index is 2.32. The lowest BCUT2D eigenvalue weighted by molar-refractivity contribution is 0.0461. The van der Waals surface area contributed by atoms with Crippen molar-refractivity contribution in [3.05, 3.63) is 35.9 Å². The van der Waals surface area contributed by atoms with E-state index in [1.807, 2.05) is 0 Å². The Hall–Kier alpha value is -1.40. The third-order valence-corrected chi connectivity index (χ3v) is 2.78. The first-order valence-corrected chi connectivity index (χ1v) is 7.30. The highest BCUT2D eigenvalue weighted by Gasteiger charge is 2.12. The molecule has 0 aliphatic carbocycles. The Morgan fingerprint density at radius 3 is 2.44 bits per heavy atom. The summed E-state index contributed by atoms with van der Waals surface area (Å²) < 4.78 is 31.4. The van der Waals surface area contributed by atoms with Crippen molar-refractivity contribution >= 4 is 16.1 Å². The Kier molecular flexibility index (Phi) is 5.30. The molecular formula is C12H16O5S. The van der Waals surface area contributed by atoms with Gasteiger partial charge in [0.1, 0.15) is 0 Å². The second kappa shape index (κ2) is 6.51. The molecule has 0 unspecified atom stereocenters. The van der Waals surface area contributed by atoms with Crippen LogP contribution >= 0.6 is 0 Å². The number of benzene rings is 1. The van der Waals surface area contributed by atoms with Crippen LogP contribution in [0.15, 0.2) is 30.3 Å². The highest BCUT2D eigenvalue weighted by atomic mass is 32.2. The Morgan fingerprint density at radius 2 is 1.89 bits per heavy atom. The van der Waals surface area contributed by atoms with E-state index in [-0.39, 0.29) is 6.61 Å². The van der Waals surface area contributed by atoms with E-state index in [4.69, 9.17) is 8.92 Å². The number of rotatable bonds is 6. The molecule has 18 heavy (non-hydrogen) atoms. The van der Waals surface area contributed by atoms with E-state index in [1.165, 1.54) is 0 Å². The van der Waals surface area contributed by atoms with E-state index in [1.54, 1.807) is 37.3 Å². The number of hydrogen-bond donors (Lipinski definition) is 0. The Labute approximate surface area is 107 Å². The van der Waals surface area contributed by atoms with Crippen molar-refractivity contribution in [2.75, 3.05) is 12.9 Å². The van der Waals surface area contributed by atoms with Gasteiger partial charge in [-0.25, -0.2) is 4.79 Å². The summed E-state index contributed by atoms with van der Waals surface area (Å²) in [5, 5.41) is 0. The van der Waals surface area contributed by atoms with E-state index in [2.05, 4.69) is 0 Å². The minimum absolute atomic E-state index is 0.115. The molecule has 0 aliphatic rings. The zero-order valence-corrected chi connectivity index (χ0v) is 11.1. The highest BCUT2D eigenvalue weighted by molar-refractivity contribution is 7.86. The molecule has 0 aromatic heterocycles. The van der Waals surface area contributed by atoms with Gasteiger partial charge in [0, 0.05) is 6.42 Å². The topological polar surface area (TPSA) is 69.7 Å². The number of ether oxygens (including phenoxy) is 1. The fraction of sp³-hybridized carbons (Fsp3) is 0.417. The summed E-state index contributed by atoms with van der Waals surface area (Å²) in [6.07, 6.45) is 0.800. The van der Waals surface area contributed by atoms with Crippen LogP contribution in [0.5, 0.6) is 0 Å². The Morgan fingerprint density at radius 1 is 1.28 bits per heavy atom. The molecule has 1 atom stereocenters. The molecule has 100 valence electrons. The smallest absolute Gasteiger partial charge is 0.338 e. The molecule has 0 aliphatic heterocycles. The summed E-state index contributed by atoms with van der Waals surface area (Å²) in [5.74, 6) is -0.429. The summed E-state index contributed by atoms with van der Waals surface area (Å²) in [5.41, 5.74) is 0.467. The standard InChI is InChI=1S/C12H16O5S/c1-10(17-18(2,14)15)8-9-16-12(13)11-6-4-3-5-7-11/h3-7,10H,8-9H2,1-2H3/t10-/m0/s1. The summed E-state index contributed by atoms with van der Waals surface area (Å²) in [6.45, 7) is 1.72. The minimum atomic E-state index is -3.47. The maximum atomic E-state index is 11.5. The highest BCUT2D eigenvalue weighted by Crippen LogP contribution is 2.05. The van der Waals surface area contributed by atoms with Gasteiger partial charge in [0.05, 0.1) is 24.5 Å². The first-order chi connectivity index (χ1) is 8.38. The van der Waals surface area contributed by atoms with Crippen molar-refractivity contribution in [3.8, 4) is 0 Å². The van der Waals surface area contributed by atoms with Crippen molar-refractivity contribution in [2.24, 2.45) is 0 Å². The van der Waals surface area contributed by atoms with Gasteiger partial charge in [-0.2, -0.15) is 8.42 Å². The van der Waals surface area contributed by atoms with E-state index in [0.717, 1.165) is 6.26 Å². The molecule has 0 saturated heterocycles. The SMILES string of the molecule is C[C@@H](CCOC(=O)c1ccccc1)OS(C)(=O)=O. The first kappa shape index (κ1) is 14.7.